The van der Waals surface area contributed by atoms with Crippen LogP contribution in [0.5, 0.6) is 5.75 Å². The summed E-state index contributed by atoms with van der Waals surface area (Å²) in [6.07, 6.45) is 0. The number of phenols is 1. The van der Waals surface area contributed by atoms with Crippen LogP contribution in [-0.4, -0.2) is 10.3 Å². The van der Waals surface area contributed by atoms with E-state index >= 15 is 0 Å². The molecule has 4 heteroatoms. The Hall–Kier alpha value is -2.26. The van der Waals surface area contributed by atoms with E-state index < -0.39 is 0 Å². The Kier molecular flexibility index (Phi) is 2.97. The van der Waals surface area contributed by atoms with E-state index in [9.17, 15) is 5.11 Å². The molecule has 0 saturated heterocycles. The number of rotatable bonds is 2. The first-order valence-electron chi connectivity index (χ1n) is 5.75. The van der Waals surface area contributed by atoms with E-state index in [0.29, 0.717) is 16.3 Å². The van der Waals surface area contributed by atoms with E-state index in [0.717, 1.165) is 11.3 Å². The Labute approximate surface area is 115 Å². The van der Waals surface area contributed by atoms with Crippen molar-refractivity contribution in [2.45, 2.75) is 0 Å². The lowest BCUT2D eigenvalue weighted by Crippen LogP contribution is -1.76. The first kappa shape index (κ1) is 11.8. The topological polar surface area (TPSA) is 46.3 Å². The van der Waals surface area contributed by atoms with Crippen LogP contribution >= 0.6 is 11.6 Å². The molecule has 0 fully saturated rings. The summed E-state index contributed by atoms with van der Waals surface area (Å²) in [6, 6.07) is 16.3. The van der Waals surface area contributed by atoms with Gasteiger partial charge in [0, 0.05) is 16.7 Å². The number of hydrogen-bond acceptors (Lipinski definition) is 3. The minimum absolute atomic E-state index is 0.111. The SMILES string of the molecule is Oc1ccc(Cl)cc1-c1cc(-c2ccccc2)no1. The lowest BCUT2D eigenvalue weighted by atomic mass is 10.1. The Balaban J connectivity index is 2.04. The molecule has 94 valence electrons. The molecule has 3 nitrogen and oxygen atoms in total. The van der Waals surface area contributed by atoms with Crippen molar-refractivity contribution in [3.05, 3.63) is 59.6 Å². The maximum absolute atomic E-state index is 9.82. The summed E-state index contributed by atoms with van der Waals surface area (Å²) in [5.41, 5.74) is 2.20. The van der Waals surface area contributed by atoms with Gasteiger partial charge >= 0.3 is 0 Å². The smallest absolute Gasteiger partial charge is 0.171 e. The van der Waals surface area contributed by atoms with Crippen LogP contribution in [-0.2, 0) is 0 Å². The lowest BCUT2D eigenvalue weighted by Gasteiger charge is -1.99. The zero-order valence-electron chi connectivity index (χ0n) is 9.88. The summed E-state index contributed by atoms with van der Waals surface area (Å²) in [5.74, 6) is 0.596. The van der Waals surface area contributed by atoms with Crippen LogP contribution in [0.2, 0.25) is 5.02 Å². The van der Waals surface area contributed by atoms with Gasteiger partial charge in [0.15, 0.2) is 5.76 Å². The van der Waals surface area contributed by atoms with Gasteiger partial charge in [-0.25, -0.2) is 0 Å². The van der Waals surface area contributed by atoms with Gasteiger partial charge in [-0.2, -0.15) is 0 Å². The molecule has 0 aliphatic heterocycles. The molecule has 3 rings (SSSR count). The largest absolute Gasteiger partial charge is 0.507 e. The maximum atomic E-state index is 9.82. The van der Waals surface area contributed by atoms with Crippen LogP contribution in [0.15, 0.2) is 59.1 Å². The molecular formula is C15H10ClNO2. The number of phenolic OH excluding ortho intramolecular Hbond substituents is 1. The van der Waals surface area contributed by atoms with Crippen molar-refractivity contribution in [1.82, 2.24) is 5.16 Å². The summed E-state index contributed by atoms with van der Waals surface area (Å²) in [7, 11) is 0. The average molecular weight is 272 g/mol. The summed E-state index contributed by atoms with van der Waals surface area (Å²) in [6.45, 7) is 0. The Morgan fingerprint density at radius 1 is 1.00 bits per heavy atom. The normalized spacial score (nSPS) is 10.6. The zero-order chi connectivity index (χ0) is 13.2. The second kappa shape index (κ2) is 4.78. The van der Waals surface area contributed by atoms with Gasteiger partial charge in [-0.3, -0.25) is 0 Å². The van der Waals surface area contributed by atoms with Gasteiger partial charge in [0.25, 0.3) is 0 Å². The number of nitrogens with zero attached hydrogens (tertiary/aromatic N) is 1. The van der Waals surface area contributed by atoms with Gasteiger partial charge in [-0.05, 0) is 18.2 Å². The molecule has 1 heterocycles. The molecule has 0 spiro atoms. The van der Waals surface area contributed by atoms with Gasteiger partial charge in [-0.15, -0.1) is 0 Å². The monoisotopic (exact) mass is 271 g/mol. The molecule has 0 unspecified atom stereocenters. The highest BCUT2D eigenvalue weighted by Gasteiger charge is 2.12. The van der Waals surface area contributed by atoms with Gasteiger partial charge < -0.3 is 9.63 Å². The second-order valence-corrected chi connectivity index (χ2v) is 4.54. The third-order valence-electron chi connectivity index (χ3n) is 2.80. The summed E-state index contributed by atoms with van der Waals surface area (Å²) >= 11 is 5.92. The molecule has 0 atom stereocenters. The van der Waals surface area contributed by atoms with E-state index in [1.54, 1.807) is 18.2 Å². The molecule has 1 aromatic heterocycles. The van der Waals surface area contributed by atoms with Crippen molar-refractivity contribution in [2.24, 2.45) is 0 Å². The molecule has 19 heavy (non-hydrogen) atoms. The van der Waals surface area contributed by atoms with E-state index in [1.165, 1.54) is 6.07 Å². The number of aromatic hydroxyl groups is 1. The number of halogens is 1. The Morgan fingerprint density at radius 2 is 1.79 bits per heavy atom. The summed E-state index contributed by atoms with van der Waals surface area (Å²) in [5, 5.41) is 14.4. The average Bonchev–Trinajstić information content (AvgIpc) is 2.92. The van der Waals surface area contributed by atoms with Crippen molar-refractivity contribution < 1.29 is 9.63 Å². The number of hydrogen-bond donors (Lipinski definition) is 1. The van der Waals surface area contributed by atoms with Crippen LogP contribution < -0.4 is 0 Å². The quantitative estimate of drug-likeness (QED) is 0.753. The second-order valence-electron chi connectivity index (χ2n) is 4.10. The van der Waals surface area contributed by atoms with E-state index in [1.807, 2.05) is 30.3 Å². The van der Waals surface area contributed by atoms with E-state index in [2.05, 4.69) is 5.16 Å². The third-order valence-corrected chi connectivity index (χ3v) is 3.04. The molecule has 0 saturated carbocycles. The minimum atomic E-state index is 0.111. The predicted octanol–water partition coefficient (Wildman–Crippen LogP) is 4.37. The maximum Gasteiger partial charge on any atom is 0.171 e. The fraction of sp³-hybridized carbons (Fsp3) is 0. The zero-order valence-corrected chi connectivity index (χ0v) is 10.6. The van der Waals surface area contributed by atoms with Gasteiger partial charge in [0.2, 0.25) is 0 Å². The molecule has 3 aromatic rings. The van der Waals surface area contributed by atoms with E-state index in [-0.39, 0.29) is 5.75 Å². The van der Waals surface area contributed by atoms with Gasteiger partial charge in [0.05, 0.1) is 5.56 Å². The minimum Gasteiger partial charge on any atom is -0.507 e. The molecule has 0 aliphatic carbocycles. The molecule has 0 bridgehead atoms. The van der Waals surface area contributed by atoms with Crippen LogP contribution in [0.3, 0.4) is 0 Å². The van der Waals surface area contributed by atoms with Crippen LogP contribution in [0.1, 0.15) is 0 Å². The van der Waals surface area contributed by atoms with Gasteiger partial charge in [-0.1, -0.05) is 47.1 Å². The molecule has 0 radical (unpaired) electrons. The molecule has 0 amide bonds. The molecular weight excluding hydrogens is 262 g/mol. The van der Waals surface area contributed by atoms with E-state index in [4.69, 9.17) is 16.1 Å². The fourth-order valence-electron chi connectivity index (χ4n) is 1.85. The Bertz CT molecular complexity index is 707. The van der Waals surface area contributed by atoms with Gasteiger partial charge in [0.1, 0.15) is 11.4 Å². The van der Waals surface area contributed by atoms with Crippen LogP contribution in [0.25, 0.3) is 22.6 Å². The van der Waals surface area contributed by atoms with Crippen molar-refractivity contribution in [1.29, 1.82) is 0 Å². The summed E-state index contributed by atoms with van der Waals surface area (Å²) in [4.78, 5) is 0. The predicted molar refractivity (Wildman–Crippen MR) is 74.0 cm³/mol. The number of benzene rings is 2. The highest BCUT2D eigenvalue weighted by atomic mass is 35.5. The lowest BCUT2D eigenvalue weighted by molar-refractivity contribution is 0.428. The van der Waals surface area contributed by atoms with Crippen LogP contribution in [0, 0.1) is 0 Å². The molecule has 1 N–H and O–H groups in total. The number of aromatic nitrogens is 1. The van der Waals surface area contributed by atoms with Crippen LogP contribution in [0.4, 0.5) is 0 Å². The van der Waals surface area contributed by atoms with Crippen molar-refractivity contribution >= 4 is 11.6 Å². The molecule has 0 aliphatic rings. The third kappa shape index (κ3) is 2.33. The first-order chi connectivity index (χ1) is 9.24. The highest BCUT2D eigenvalue weighted by molar-refractivity contribution is 6.30. The van der Waals surface area contributed by atoms with Crippen molar-refractivity contribution in [3.8, 4) is 28.3 Å². The van der Waals surface area contributed by atoms with Crippen molar-refractivity contribution in [2.75, 3.05) is 0 Å². The first-order valence-corrected chi connectivity index (χ1v) is 6.13. The van der Waals surface area contributed by atoms with Crippen molar-refractivity contribution in [3.63, 3.8) is 0 Å². The standard InChI is InChI=1S/C15H10ClNO2/c16-11-6-7-14(18)12(8-11)15-9-13(17-19-15)10-4-2-1-3-5-10/h1-9,18H. The fourth-order valence-corrected chi connectivity index (χ4v) is 2.02. The molecule has 2 aromatic carbocycles. The highest BCUT2D eigenvalue weighted by Crippen LogP contribution is 2.33. The Morgan fingerprint density at radius 3 is 2.58 bits per heavy atom. The summed E-state index contributed by atoms with van der Waals surface area (Å²) < 4.78 is 5.27.